The van der Waals surface area contributed by atoms with Gasteiger partial charge < -0.3 is 10.6 Å². The third kappa shape index (κ3) is 2.69. The first-order valence-electron chi connectivity index (χ1n) is 7.43. The summed E-state index contributed by atoms with van der Waals surface area (Å²) in [7, 11) is 0. The van der Waals surface area contributed by atoms with Gasteiger partial charge in [0, 0.05) is 18.0 Å². The van der Waals surface area contributed by atoms with Crippen molar-refractivity contribution in [2.45, 2.75) is 50.6 Å². The van der Waals surface area contributed by atoms with Crippen LogP contribution in [0.3, 0.4) is 0 Å². The SMILES string of the molecule is O=C1NC(C(=O)NC2CCCCC2)Cc2ccccc21. The van der Waals surface area contributed by atoms with Gasteiger partial charge in [-0.25, -0.2) is 0 Å². The van der Waals surface area contributed by atoms with E-state index in [9.17, 15) is 9.59 Å². The molecule has 106 valence electrons. The van der Waals surface area contributed by atoms with Gasteiger partial charge in [-0.1, -0.05) is 37.5 Å². The van der Waals surface area contributed by atoms with Crippen LogP contribution < -0.4 is 10.6 Å². The topological polar surface area (TPSA) is 58.2 Å². The van der Waals surface area contributed by atoms with Crippen LogP contribution in [-0.2, 0) is 11.2 Å². The molecule has 1 unspecified atom stereocenters. The Morgan fingerprint density at radius 3 is 2.70 bits per heavy atom. The first-order chi connectivity index (χ1) is 9.74. The Hall–Kier alpha value is -1.84. The maximum absolute atomic E-state index is 12.3. The van der Waals surface area contributed by atoms with Gasteiger partial charge in [0.1, 0.15) is 6.04 Å². The van der Waals surface area contributed by atoms with E-state index in [0.717, 1.165) is 18.4 Å². The Balaban J connectivity index is 1.66. The Morgan fingerprint density at radius 1 is 1.15 bits per heavy atom. The van der Waals surface area contributed by atoms with Crippen LogP contribution in [0.5, 0.6) is 0 Å². The van der Waals surface area contributed by atoms with Gasteiger partial charge >= 0.3 is 0 Å². The number of benzene rings is 1. The maximum Gasteiger partial charge on any atom is 0.252 e. The number of hydrogen-bond donors (Lipinski definition) is 2. The van der Waals surface area contributed by atoms with Gasteiger partial charge in [-0.2, -0.15) is 0 Å². The highest BCUT2D eigenvalue weighted by Crippen LogP contribution is 2.19. The summed E-state index contributed by atoms with van der Waals surface area (Å²) in [5.74, 6) is -0.185. The number of fused-ring (bicyclic) bond motifs is 1. The molecule has 2 N–H and O–H groups in total. The van der Waals surface area contributed by atoms with E-state index in [2.05, 4.69) is 10.6 Å². The zero-order chi connectivity index (χ0) is 13.9. The van der Waals surface area contributed by atoms with Crippen LogP contribution in [-0.4, -0.2) is 23.9 Å². The molecule has 0 radical (unpaired) electrons. The second-order valence-corrected chi connectivity index (χ2v) is 5.73. The van der Waals surface area contributed by atoms with Gasteiger partial charge in [0.15, 0.2) is 0 Å². The monoisotopic (exact) mass is 272 g/mol. The molecule has 1 saturated carbocycles. The highest BCUT2D eigenvalue weighted by molar-refractivity contribution is 6.00. The lowest BCUT2D eigenvalue weighted by Gasteiger charge is -2.28. The first kappa shape index (κ1) is 13.2. The number of amides is 2. The average molecular weight is 272 g/mol. The minimum Gasteiger partial charge on any atom is -0.352 e. The minimum atomic E-state index is -0.431. The standard InChI is InChI=1S/C16H20N2O2/c19-15-13-9-5-4-6-11(13)10-14(18-15)16(20)17-12-7-2-1-3-8-12/h4-6,9,12,14H,1-3,7-8,10H2,(H,17,20)(H,18,19). The molecule has 1 aliphatic heterocycles. The number of carbonyl (C=O) groups is 2. The van der Waals surface area contributed by atoms with E-state index in [4.69, 9.17) is 0 Å². The van der Waals surface area contributed by atoms with Crippen LogP contribution in [0.4, 0.5) is 0 Å². The van der Waals surface area contributed by atoms with E-state index in [1.165, 1.54) is 19.3 Å². The lowest BCUT2D eigenvalue weighted by Crippen LogP contribution is -2.53. The summed E-state index contributed by atoms with van der Waals surface area (Å²) in [5.41, 5.74) is 1.65. The second kappa shape index (κ2) is 5.65. The quantitative estimate of drug-likeness (QED) is 0.862. The van der Waals surface area contributed by atoms with E-state index in [0.29, 0.717) is 12.0 Å². The van der Waals surface area contributed by atoms with Crippen molar-refractivity contribution >= 4 is 11.8 Å². The number of hydrogen-bond acceptors (Lipinski definition) is 2. The summed E-state index contributed by atoms with van der Waals surface area (Å²) in [5, 5.41) is 5.90. The molecule has 0 spiro atoms. The molecule has 20 heavy (non-hydrogen) atoms. The van der Waals surface area contributed by atoms with Crippen molar-refractivity contribution in [1.82, 2.24) is 10.6 Å². The van der Waals surface area contributed by atoms with Crippen LogP contribution >= 0.6 is 0 Å². The average Bonchev–Trinajstić information content (AvgIpc) is 2.48. The summed E-state index contributed by atoms with van der Waals surface area (Å²) in [6.07, 6.45) is 6.34. The largest absolute Gasteiger partial charge is 0.352 e. The summed E-state index contributed by atoms with van der Waals surface area (Å²) in [4.78, 5) is 24.3. The smallest absolute Gasteiger partial charge is 0.252 e. The normalized spacial score (nSPS) is 22.8. The highest BCUT2D eigenvalue weighted by atomic mass is 16.2. The van der Waals surface area contributed by atoms with Crippen molar-refractivity contribution in [3.8, 4) is 0 Å². The van der Waals surface area contributed by atoms with Gasteiger partial charge in [0.2, 0.25) is 5.91 Å². The fourth-order valence-corrected chi connectivity index (χ4v) is 3.13. The molecule has 1 aromatic rings. The molecule has 1 aliphatic carbocycles. The van der Waals surface area contributed by atoms with Crippen LogP contribution in [0.2, 0.25) is 0 Å². The predicted octanol–water partition coefficient (Wildman–Crippen LogP) is 1.79. The Kier molecular flexibility index (Phi) is 3.72. The summed E-state index contributed by atoms with van der Waals surface area (Å²) < 4.78 is 0. The summed E-state index contributed by atoms with van der Waals surface area (Å²) in [6.45, 7) is 0. The Bertz CT molecular complexity index is 521. The van der Waals surface area contributed by atoms with Crippen LogP contribution in [0.1, 0.15) is 48.0 Å². The van der Waals surface area contributed by atoms with E-state index in [1.807, 2.05) is 18.2 Å². The van der Waals surface area contributed by atoms with E-state index < -0.39 is 6.04 Å². The molecular weight excluding hydrogens is 252 g/mol. The van der Waals surface area contributed by atoms with E-state index in [1.54, 1.807) is 6.07 Å². The van der Waals surface area contributed by atoms with Crippen LogP contribution in [0.25, 0.3) is 0 Å². The zero-order valence-corrected chi connectivity index (χ0v) is 11.5. The molecule has 2 amide bonds. The number of carbonyl (C=O) groups excluding carboxylic acids is 2. The molecule has 2 aliphatic rings. The lowest BCUT2D eigenvalue weighted by molar-refractivity contribution is -0.124. The van der Waals surface area contributed by atoms with Crippen molar-refractivity contribution < 1.29 is 9.59 Å². The molecular formula is C16H20N2O2. The second-order valence-electron chi connectivity index (χ2n) is 5.73. The van der Waals surface area contributed by atoms with Crippen LogP contribution in [0.15, 0.2) is 24.3 Å². The van der Waals surface area contributed by atoms with Gasteiger partial charge in [-0.05, 0) is 24.5 Å². The molecule has 4 heteroatoms. The Labute approximate surface area is 118 Å². The highest BCUT2D eigenvalue weighted by Gasteiger charge is 2.29. The summed E-state index contributed by atoms with van der Waals surface area (Å²) in [6, 6.07) is 7.34. The van der Waals surface area contributed by atoms with Crippen molar-refractivity contribution in [2.24, 2.45) is 0 Å². The van der Waals surface area contributed by atoms with Crippen molar-refractivity contribution in [3.63, 3.8) is 0 Å². The molecule has 1 atom stereocenters. The zero-order valence-electron chi connectivity index (χ0n) is 11.5. The predicted molar refractivity (Wildman–Crippen MR) is 76.4 cm³/mol. The minimum absolute atomic E-state index is 0.0419. The molecule has 0 saturated heterocycles. The molecule has 1 heterocycles. The number of rotatable bonds is 2. The molecule has 1 fully saturated rings. The van der Waals surface area contributed by atoms with Gasteiger partial charge in [-0.3, -0.25) is 9.59 Å². The molecule has 0 bridgehead atoms. The number of nitrogens with one attached hydrogen (secondary N) is 2. The molecule has 0 aromatic heterocycles. The Morgan fingerprint density at radius 2 is 1.90 bits per heavy atom. The fraction of sp³-hybridized carbons (Fsp3) is 0.500. The third-order valence-electron chi connectivity index (χ3n) is 4.26. The van der Waals surface area contributed by atoms with Crippen molar-refractivity contribution in [3.05, 3.63) is 35.4 Å². The van der Waals surface area contributed by atoms with E-state index >= 15 is 0 Å². The maximum atomic E-state index is 12.3. The third-order valence-corrected chi connectivity index (χ3v) is 4.26. The first-order valence-corrected chi connectivity index (χ1v) is 7.43. The summed E-state index contributed by atoms with van der Waals surface area (Å²) >= 11 is 0. The van der Waals surface area contributed by atoms with Crippen molar-refractivity contribution in [1.29, 1.82) is 0 Å². The lowest BCUT2D eigenvalue weighted by atomic mass is 9.93. The van der Waals surface area contributed by atoms with Gasteiger partial charge in [0.25, 0.3) is 5.91 Å². The molecule has 4 nitrogen and oxygen atoms in total. The van der Waals surface area contributed by atoms with Gasteiger partial charge in [0.05, 0.1) is 0 Å². The van der Waals surface area contributed by atoms with Crippen LogP contribution in [0, 0.1) is 0 Å². The van der Waals surface area contributed by atoms with Gasteiger partial charge in [-0.15, -0.1) is 0 Å². The fourth-order valence-electron chi connectivity index (χ4n) is 3.13. The molecule has 3 rings (SSSR count). The van der Waals surface area contributed by atoms with Crippen molar-refractivity contribution in [2.75, 3.05) is 0 Å². The van der Waals surface area contributed by atoms with E-state index in [-0.39, 0.29) is 17.9 Å². The molecule has 1 aromatic carbocycles.